The predicted molar refractivity (Wildman–Crippen MR) is 72.7 cm³/mol. The minimum absolute atomic E-state index is 0.645. The topological polar surface area (TPSA) is 53.9 Å². The smallest absolute Gasteiger partial charge is 0.224 e. The van der Waals surface area contributed by atoms with Gasteiger partial charge in [0.1, 0.15) is 5.82 Å². The van der Waals surface area contributed by atoms with Gasteiger partial charge in [-0.25, -0.2) is 4.98 Å². The van der Waals surface area contributed by atoms with Crippen LogP contribution in [0, 0.1) is 6.92 Å². The van der Waals surface area contributed by atoms with E-state index in [4.69, 9.17) is 0 Å². The molecule has 0 aromatic carbocycles. The summed E-state index contributed by atoms with van der Waals surface area (Å²) < 4.78 is 0. The molecule has 94 valence electrons. The van der Waals surface area contributed by atoms with Crippen LogP contribution in [0.2, 0.25) is 0 Å². The molecule has 0 amide bonds. The normalized spacial score (nSPS) is 10.2. The average molecular weight is 243 g/mol. The van der Waals surface area contributed by atoms with E-state index in [1.54, 1.807) is 12.4 Å². The molecule has 5 nitrogen and oxygen atoms in total. The van der Waals surface area contributed by atoms with Gasteiger partial charge >= 0.3 is 0 Å². The van der Waals surface area contributed by atoms with Gasteiger partial charge in [0.25, 0.3) is 0 Å². The Balaban J connectivity index is 2.18. The monoisotopic (exact) mass is 243 g/mol. The van der Waals surface area contributed by atoms with Crippen LogP contribution in [0.5, 0.6) is 0 Å². The summed E-state index contributed by atoms with van der Waals surface area (Å²) in [5, 5.41) is 2.97. The van der Waals surface area contributed by atoms with Gasteiger partial charge < -0.3 is 10.2 Å². The lowest BCUT2D eigenvalue weighted by Crippen LogP contribution is -2.18. The second kappa shape index (κ2) is 5.44. The maximum absolute atomic E-state index is 4.44. The standard InChI is InChI=1S/C13H17N5/c1-10-8-12(17-13(14-2)16-10)18(3)9-11-4-6-15-7-5-11/h4-8H,9H2,1-3H3,(H,14,16,17). The van der Waals surface area contributed by atoms with Crippen LogP contribution in [0.4, 0.5) is 11.8 Å². The molecule has 1 N–H and O–H groups in total. The van der Waals surface area contributed by atoms with E-state index in [-0.39, 0.29) is 0 Å². The number of aromatic nitrogens is 3. The van der Waals surface area contributed by atoms with Crippen LogP contribution in [0.25, 0.3) is 0 Å². The molecule has 18 heavy (non-hydrogen) atoms. The Hall–Kier alpha value is -2.17. The van der Waals surface area contributed by atoms with Crippen LogP contribution in [0.1, 0.15) is 11.3 Å². The maximum Gasteiger partial charge on any atom is 0.224 e. The Morgan fingerprint density at radius 1 is 1.22 bits per heavy atom. The molecule has 0 atom stereocenters. The Bertz CT molecular complexity index is 512. The van der Waals surface area contributed by atoms with E-state index in [9.17, 15) is 0 Å². The van der Waals surface area contributed by atoms with Gasteiger partial charge in [-0.2, -0.15) is 4.98 Å². The summed E-state index contributed by atoms with van der Waals surface area (Å²) in [5.74, 6) is 1.55. The fourth-order valence-corrected chi connectivity index (χ4v) is 1.70. The van der Waals surface area contributed by atoms with Crippen LogP contribution in [0.15, 0.2) is 30.6 Å². The average Bonchev–Trinajstić information content (AvgIpc) is 2.39. The Morgan fingerprint density at radius 3 is 2.61 bits per heavy atom. The lowest BCUT2D eigenvalue weighted by molar-refractivity contribution is 0.885. The highest BCUT2D eigenvalue weighted by molar-refractivity contribution is 5.44. The number of aryl methyl sites for hydroxylation is 1. The van der Waals surface area contributed by atoms with Crippen molar-refractivity contribution in [3.63, 3.8) is 0 Å². The third kappa shape index (κ3) is 2.94. The Morgan fingerprint density at radius 2 is 1.94 bits per heavy atom. The van der Waals surface area contributed by atoms with Gasteiger partial charge in [-0.1, -0.05) is 0 Å². The number of anilines is 2. The summed E-state index contributed by atoms with van der Waals surface area (Å²) in [5.41, 5.74) is 2.15. The molecule has 0 unspecified atom stereocenters. The summed E-state index contributed by atoms with van der Waals surface area (Å²) in [6, 6.07) is 5.98. The minimum Gasteiger partial charge on any atom is -0.357 e. The molecule has 2 heterocycles. The highest BCUT2D eigenvalue weighted by Gasteiger charge is 2.06. The van der Waals surface area contributed by atoms with Crippen LogP contribution in [0.3, 0.4) is 0 Å². The first kappa shape index (κ1) is 12.3. The second-order valence-electron chi connectivity index (χ2n) is 4.15. The third-order valence-corrected chi connectivity index (χ3v) is 2.62. The van der Waals surface area contributed by atoms with Gasteiger partial charge in [-0.3, -0.25) is 4.98 Å². The molecule has 0 aliphatic rings. The lowest BCUT2D eigenvalue weighted by Gasteiger charge is -2.19. The molecule has 0 bridgehead atoms. The fraction of sp³-hybridized carbons (Fsp3) is 0.308. The SMILES string of the molecule is CNc1nc(C)cc(N(C)Cc2ccncc2)n1. The number of nitrogens with one attached hydrogen (secondary N) is 1. The van der Waals surface area contributed by atoms with E-state index >= 15 is 0 Å². The van der Waals surface area contributed by atoms with Crippen molar-refractivity contribution in [2.24, 2.45) is 0 Å². The van der Waals surface area contributed by atoms with Crippen molar-refractivity contribution in [3.8, 4) is 0 Å². The van der Waals surface area contributed by atoms with E-state index < -0.39 is 0 Å². The molecule has 0 spiro atoms. The zero-order valence-corrected chi connectivity index (χ0v) is 10.9. The molecule has 5 heteroatoms. The second-order valence-corrected chi connectivity index (χ2v) is 4.15. The number of hydrogen-bond donors (Lipinski definition) is 1. The highest BCUT2D eigenvalue weighted by atomic mass is 15.2. The van der Waals surface area contributed by atoms with Crippen LogP contribution in [-0.2, 0) is 6.54 Å². The third-order valence-electron chi connectivity index (χ3n) is 2.62. The molecular formula is C13H17N5. The van der Waals surface area contributed by atoms with Crippen LogP contribution < -0.4 is 10.2 Å². The van der Waals surface area contributed by atoms with Gasteiger partial charge in [0.2, 0.25) is 5.95 Å². The first-order valence-corrected chi connectivity index (χ1v) is 5.82. The van der Waals surface area contributed by atoms with Crippen molar-refractivity contribution >= 4 is 11.8 Å². The zero-order chi connectivity index (χ0) is 13.0. The van der Waals surface area contributed by atoms with Crippen molar-refractivity contribution < 1.29 is 0 Å². The van der Waals surface area contributed by atoms with Gasteiger partial charge in [-0.15, -0.1) is 0 Å². The van der Waals surface area contributed by atoms with E-state index in [0.29, 0.717) is 5.95 Å². The quantitative estimate of drug-likeness (QED) is 0.888. The zero-order valence-electron chi connectivity index (χ0n) is 10.9. The molecule has 2 aromatic heterocycles. The van der Waals surface area contributed by atoms with E-state index in [1.165, 1.54) is 5.56 Å². The summed E-state index contributed by atoms with van der Waals surface area (Å²) in [4.78, 5) is 14.8. The number of rotatable bonds is 4. The predicted octanol–water partition coefficient (Wildman–Crippen LogP) is 1.86. The van der Waals surface area contributed by atoms with Crippen LogP contribution in [-0.4, -0.2) is 29.0 Å². The van der Waals surface area contributed by atoms with Gasteiger partial charge in [0.15, 0.2) is 0 Å². The molecule has 2 rings (SSSR count). The first-order valence-electron chi connectivity index (χ1n) is 5.82. The molecule has 0 fully saturated rings. The molecule has 0 saturated heterocycles. The van der Waals surface area contributed by atoms with Crippen molar-refractivity contribution in [1.82, 2.24) is 15.0 Å². The molecule has 0 saturated carbocycles. The summed E-state index contributed by atoms with van der Waals surface area (Å²) >= 11 is 0. The lowest BCUT2D eigenvalue weighted by atomic mass is 10.2. The highest BCUT2D eigenvalue weighted by Crippen LogP contribution is 2.15. The molecule has 2 aromatic rings. The number of nitrogens with zero attached hydrogens (tertiary/aromatic N) is 4. The van der Waals surface area contributed by atoms with Crippen molar-refractivity contribution in [1.29, 1.82) is 0 Å². The molecule has 0 aliphatic heterocycles. The van der Waals surface area contributed by atoms with Crippen LogP contribution >= 0.6 is 0 Å². The molecular weight excluding hydrogens is 226 g/mol. The number of pyridine rings is 1. The molecule has 0 radical (unpaired) electrons. The summed E-state index contributed by atoms with van der Waals surface area (Å²) in [6.45, 7) is 2.76. The Kier molecular flexibility index (Phi) is 3.72. The van der Waals surface area contributed by atoms with Gasteiger partial charge in [0.05, 0.1) is 0 Å². The van der Waals surface area contributed by atoms with Crippen molar-refractivity contribution in [3.05, 3.63) is 41.9 Å². The first-order chi connectivity index (χ1) is 8.69. The number of hydrogen-bond acceptors (Lipinski definition) is 5. The van der Waals surface area contributed by atoms with E-state index in [0.717, 1.165) is 18.1 Å². The Labute approximate surface area is 107 Å². The van der Waals surface area contributed by atoms with Gasteiger partial charge in [0, 0.05) is 44.8 Å². The summed E-state index contributed by atoms with van der Waals surface area (Å²) in [6.07, 6.45) is 3.60. The van der Waals surface area contributed by atoms with Crippen molar-refractivity contribution in [2.75, 3.05) is 24.3 Å². The maximum atomic E-state index is 4.44. The minimum atomic E-state index is 0.645. The van der Waals surface area contributed by atoms with Crippen molar-refractivity contribution in [2.45, 2.75) is 13.5 Å². The summed E-state index contributed by atoms with van der Waals surface area (Å²) in [7, 11) is 3.84. The van der Waals surface area contributed by atoms with Gasteiger partial charge in [-0.05, 0) is 24.6 Å². The molecule has 0 aliphatic carbocycles. The largest absolute Gasteiger partial charge is 0.357 e. The van der Waals surface area contributed by atoms with E-state index in [1.807, 2.05) is 39.2 Å². The fourth-order valence-electron chi connectivity index (χ4n) is 1.70. The van der Waals surface area contributed by atoms with E-state index in [2.05, 4.69) is 25.2 Å².